The van der Waals surface area contributed by atoms with E-state index in [9.17, 15) is 24.4 Å². The molecule has 4 rings (SSSR count). The Morgan fingerprint density at radius 2 is 1.37 bits per heavy atom. The second kappa shape index (κ2) is 16.3. The molecule has 0 atom stereocenters. The smallest absolute Gasteiger partial charge is 0.420 e. The first-order valence-corrected chi connectivity index (χ1v) is 17.5. The summed E-state index contributed by atoms with van der Waals surface area (Å²) in [6.45, 7) is 15.7. The lowest BCUT2D eigenvalue weighted by Crippen LogP contribution is -2.43. The minimum absolute atomic E-state index is 0.0123. The number of nitrogens with zero attached hydrogens (tertiary/aromatic N) is 2. The van der Waals surface area contributed by atoms with Gasteiger partial charge in [0.25, 0.3) is 5.91 Å². The molecule has 11 nitrogen and oxygen atoms in total. The van der Waals surface area contributed by atoms with Gasteiger partial charge in [0, 0.05) is 11.1 Å². The van der Waals surface area contributed by atoms with Gasteiger partial charge in [-0.3, -0.25) is 9.59 Å². The number of nitriles is 1. The number of ketones is 1. The van der Waals surface area contributed by atoms with Crippen LogP contribution in [0.15, 0.2) is 84.9 Å². The van der Waals surface area contributed by atoms with E-state index in [1.165, 1.54) is 18.2 Å². The summed E-state index contributed by atoms with van der Waals surface area (Å²) in [6.07, 6.45) is -1.93. The number of rotatable bonds is 9. The van der Waals surface area contributed by atoms with E-state index in [0.29, 0.717) is 5.56 Å². The summed E-state index contributed by atoms with van der Waals surface area (Å²) < 4.78 is 17.1. The van der Waals surface area contributed by atoms with Crippen LogP contribution in [0.25, 0.3) is 0 Å². The highest BCUT2D eigenvalue weighted by atomic mass is 16.6. The molecule has 0 heterocycles. The van der Waals surface area contributed by atoms with Crippen molar-refractivity contribution in [2.24, 2.45) is 0 Å². The molecule has 3 N–H and O–H groups in total. The van der Waals surface area contributed by atoms with Crippen molar-refractivity contribution in [3.8, 4) is 11.8 Å². The first-order chi connectivity index (χ1) is 25.2. The maximum absolute atomic E-state index is 14.6. The van der Waals surface area contributed by atoms with Crippen molar-refractivity contribution in [3.05, 3.63) is 124 Å². The molecule has 54 heavy (non-hydrogen) atoms. The van der Waals surface area contributed by atoms with Gasteiger partial charge in [0.2, 0.25) is 0 Å². The van der Waals surface area contributed by atoms with Gasteiger partial charge in [-0.2, -0.15) is 5.26 Å². The number of hydrogen-bond donors (Lipinski definition) is 2. The van der Waals surface area contributed by atoms with Crippen LogP contribution in [0.2, 0.25) is 0 Å². The molecule has 0 radical (unpaired) electrons. The van der Waals surface area contributed by atoms with Crippen LogP contribution in [0.5, 0.6) is 5.75 Å². The van der Waals surface area contributed by atoms with Crippen LogP contribution in [-0.2, 0) is 28.0 Å². The predicted octanol–water partition coefficient (Wildman–Crippen LogP) is 9.17. The Labute approximate surface area is 317 Å². The molecule has 0 fully saturated rings. The molecule has 4 aromatic carbocycles. The van der Waals surface area contributed by atoms with Crippen molar-refractivity contribution < 1.29 is 33.4 Å². The molecule has 4 aromatic rings. The van der Waals surface area contributed by atoms with E-state index in [0.717, 1.165) is 16.0 Å². The Morgan fingerprint density at radius 1 is 0.778 bits per heavy atom. The summed E-state index contributed by atoms with van der Waals surface area (Å²) >= 11 is 0. The van der Waals surface area contributed by atoms with E-state index >= 15 is 0 Å². The number of imide groups is 1. The second-order valence-electron chi connectivity index (χ2n) is 15.8. The molecule has 0 aliphatic rings. The molecular weight excluding hydrogens is 684 g/mol. The summed E-state index contributed by atoms with van der Waals surface area (Å²) in [7, 11) is 0. The van der Waals surface area contributed by atoms with Crippen LogP contribution in [0.4, 0.5) is 21.0 Å². The van der Waals surface area contributed by atoms with Gasteiger partial charge in [0.1, 0.15) is 23.6 Å². The van der Waals surface area contributed by atoms with E-state index in [2.05, 4.69) is 11.4 Å². The zero-order chi connectivity index (χ0) is 40.0. The average molecular weight is 733 g/mol. The average Bonchev–Trinajstić information content (AvgIpc) is 3.08. The Hall–Kier alpha value is -6.15. The van der Waals surface area contributed by atoms with Crippen molar-refractivity contribution in [3.63, 3.8) is 0 Å². The van der Waals surface area contributed by atoms with E-state index < -0.39 is 35.1 Å². The summed E-state index contributed by atoms with van der Waals surface area (Å²) in [5.74, 6) is -0.913. The number of ether oxygens (including phenoxy) is 3. The van der Waals surface area contributed by atoms with Crippen molar-refractivity contribution >= 4 is 35.3 Å². The van der Waals surface area contributed by atoms with Crippen molar-refractivity contribution in [2.75, 3.05) is 11.1 Å². The van der Waals surface area contributed by atoms with Crippen molar-refractivity contribution in [2.45, 2.75) is 92.1 Å². The van der Waals surface area contributed by atoms with Gasteiger partial charge in [0.15, 0.2) is 5.78 Å². The minimum atomic E-state index is -0.964. The Bertz CT molecular complexity index is 2050. The lowest BCUT2D eigenvalue weighted by molar-refractivity contribution is -0.000303. The molecule has 0 saturated carbocycles. The second-order valence-corrected chi connectivity index (χ2v) is 15.8. The van der Waals surface area contributed by atoms with Crippen LogP contribution < -0.4 is 15.8 Å². The van der Waals surface area contributed by atoms with Crippen molar-refractivity contribution in [1.29, 1.82) is 5.26 Å². The lowest BCUT2D eigenvalue weighted by Gasteiger charge is -2.28. The number of nitrogens with one attached hydrogen (secondary N) is 1. The third-order valence-corrected chi connectivity index (χ3v) is 7.93. The lowest BCUT2D eigenvalue weighted by atomic mass is 9.83. The largest absolute Gasteiger partial charge is 0.488 e. The molecule has 0 saturated heterocycles. The number of nitrogens with two attached hydrogens (primary N) is 1. The fourth-order valence-corrected chi connectivity index (χ4v) is 5.44. The van der Waals surface area contributed by atoms with E-state index in [-0.39, 0.29) is 57.9 Å². The maximum Gasteiger partial charge on any atom is 0.420 e. The van der Waals surface area contributed by atoms with Crippen molar-refractivity contribution in [1.82, 2.24) is 4.90 Å². The fraction of sp³-hybridized carbons (Fsp3) is 0.326. The molecule has 0 aliphatic heterocycles. The van der Waals surface area contributed by atoms with Crippen LogP contribution in [0.1, 0.15) is 111 Å². The highest BCUT2D eigenvalue weighted by Crippen LogP contribution is 2.36. The maximum atomic E-state index is 14.6. The van der Waals surface area contributed by atoms with E-state index in [1.807, 2.05) is 63.2 Å². The van der Waals surface area contributed by atoms with Crippen LogP contribution >= 0.6 is 0 Å². The predicted molar refractivity (Wildman–Crippen MR) is 207 cm³/mol. The van der Waals surface area contributed by atoms with Gasteiger partial charge in [-0.25, -0.2) is 14.5 Å². The number of carbonyl (C=O) groups excluding carboxylic acids is 4. The van der Waals surface area contributed by atoms with Gasteiger partial charge in [-0.15, -0.1) is 0 Å². The molecule has 282 valence electrons. The SMILES string of the molecule is CC(C)(C)OC(=O)N(Cc1ccc(C(=O)c2c(OCc3ccccc3)ccc(N)c2NC(=O)c2ccccc2C(C)(C)C)cc1C#N)C(=O)OC(C)(C)C. The highest BCUT2D eigenvalue weighted by molar-refractivity contribution is 6.19. The number of benzene rings is 4. The van der Waals surface area contributed by atoms with Gasteiger partial charge in [-0.05, 0) is 87.9 Å². The number of nitrogen functional groups attached to an aromatic ring is 1. The van der Waals surface area contributed by atoms with Crippen LogP contribution in [0, 0.1) is 11.3 Å². The van der Waals surface area contributed by atoms with Gasteiger partial charge in [-0.1, -0.05) is 81.4 Å². The normalized spacial score (nSPS) is 11.6. The van der Waals surface area contributed by atoms with Gasteiger partial charge < -0.3 is 25.3 Å². The van der Waals surface area contributed by atoms with E-state index in [1.54, 1.807) is 65.8 Å². The molecule has 11 heteroatoms. The Kier molecular flexibility index (Phi) is 12.2. The number of carbonyl (C=O) groups is 4. The quantitative estimate of drug-likeness (QED) is 0.126. The third-order valence-electron chi connectivity index (χ3n) is 7.93. The summed E-state index contributed by atoms with van der Waals surface area (Å²) in [6, 6.07) is 26.0. The van der Waals surface area contributed by atoms with E-state index in [4.69, 9.17) is 19.9 Å². The molecule has 3 amide bonds. The topological polar surface area (TPSA) is 161 Å². The summed E-state index contributed by atoms with van der Waals surface area (Å²) in [5.41, 5.74) is 6.79. The standard InChI is InChI=1S/C43H48N4O7/c1-41(2,3)32-18-14-13-17-31(32)38(49)46-36-33(45)21-22-34(52-26-27-15-11-10-12-16-27)35(36)37(48)28-19-20-29(30(23-28)24-44)25-47(39(50)53-42(4,5)6)40(51)54-43(7,8)9/h10-23H,25-26,45H2,1-9H3,(H,46,49). The Balaban J connectivity index is 1.79. The first-order valence-electron chi connectivity index (χ1n) is 17.5. The molecule has 0 aromatic heterocycles. The highest BCUT2D eigenvalue weighted by Gasteiger charge is 2.33. The minimum Gasteiger partial charge on any atom is -0.488 e. The third kappa shape index (κ3) is 10.5. The molecular formula is C43H48N4O7. The molecule has 0 unspecified atom stereocenters. The number of anilines is 2. The summed E-state index contributed by atoms with van der Waals surface area (Å²) in [5, 5.41) is 13.1. The Morgan fingerprint density at radius 3 is 1.94 bits per heavy atom. The molecule has 0 bridgehead atoms. The van der Waals surface area contributed by atoms with Gasteiger partial charge >= 0.3 is 12.2 Å². The molecule has 0 aliphatic carbocycles. The zero-order valence-electron chi connectivity index (χ0n) is 32.3. The number of amides is 3. The van der Waals surface area contributed by atoms with Gasteiger partial charge in [0.05, 0.1) is 35.1 Å². The van der Waals surface area contributed by atoms with Crippen LogP contribution in [-0.4, -0.2) is 40.0 Å². The van der Waals surface area contributed by atoms with Crippen LogP contribution in [0.3, 0.4) is 0 Å². The fourth-order valence-electron chi connectivity index (χ4n) is 5.44. The first kappa shape index (κ1) is 40.6. The summed E-state index contributed by atoms with van der Waals surface area (Å²) in [4.78, 5) is 55.7. The monoisotopic (exact) mass is 732 g/mol. The molecule has 0 spiro atoms. The number of hydrogen-bond acceptors (Lipinski definition) is 9. The zero-order valence-corrected chi connectivity index (χ0v) is 32.3.